The van der Waals surface area contributed by atoms with Gasteiger partial charge in [-0.1, -0.05) is 33.1 Å². The molecule has 0 heterocycles. The number of aliphatic hydroxyl groups is 1. The van der Waals surface area contributed by atoms with Crippen LogP contribution in [0.5, 0.6) is 0 Å². The summed E-state index contributed by atoms with van der Waals surface area (Å²) in [7, 11) is 0. The average molecular weight is 210 g/mol. The molecule has 0 radical (unpaired) electrons. The van der Waals surface area contributed by atoms with E-state index in [9.17, 15) is 5.11 Å². The third kappa shape index (κ3) is 2.22. The topological polar surface area (TPSA) is 20.2 Å². The molecular formula is C14H26O. The molecule has 2 saturated carbocycles. The molecule has 0 bridgehead atoms. The summed E-state index contributed by atoms with van der Waals surface area (Å²) in [5, 5.41) is 10.6. The molecule has 0 amide bonds. The minimum atomic E-state index is 0.0103. The molecule has 0 aromatic carbocycles. The van der Waals surface area contributed by atoms with Crippen molar-refractivity contribution in [3.8, 4) is 0 Å². The number of rotatable bonds is 4. The van der Waals surface area contributed by atoms with Gasteiger partial charge in [-0.25, -0.2) is 0 Å². The van der Waals surface area contributed by atoms with E-state index in [1.807, 2.05) is 0 Å². The third-order valence-corrected chi connectivity index (χ3v) is 4.64. The van der Waals surface area contributed by atoms with Gasteiger partial charge in [-0.2, -0.15) is 0 Å². The normalized spacial score (nSPS) is 28.0. The maximum atomic E-state index is 10.6. The maximum absolute atomic E-state index is 10.6. The van der Waals surface area contributed by atoms with E-state index in [4.69, 9.17) is 0 Å². The zero-order valence-corrected chi connectivity index (χ0v) is 10.3. The highest BCUT2D eigenvalue weighted by molar-refractivity contribution is 4.96. The first-order chi connectivity index (χ1) is 7.14. The van der Waals surface area contributed by atoms with E-state index >= 15 is 0 Å². The van der Waals surface area contributed by atoms with Gasteiger partial charge in [-0.15, -0.1) is 0 Å². The number of hydrogen-bond donors (Lipinski definition) is 1. The van der Waals surface area contributed by atoms with Crippen molar-refractivity contribution < 1.29 is 5.11 Å². The summed E-state index contributed by atoms with van der Waals surface area (Å²) in [5.74, 6) is 1.37. The van der Waals surface area contributed by atoms with Crippen LogP contribution in [0.25, 0.3) is 0 Å². The molecule has 1 heteroatoms. The second-order valence-electron chi connectivity index (χ2n) is 6.30. The van der Waals surface area contributed by atoms with Gasteiger partial charge in [-0.05, 0) is 49.4 Å². The molecule has 2 aliphatic carbocycles. The molecule has 2 rings (SSSR count). The third-order valence-electron chi connectivity index (χ3n) is 4.64. The highest BCUT2D eigenvalue weighted by Crippen LogP contribution is 2.50. The van der Waals surface area contributed by atoms with Crippen LogP contribution >= 0.6 is 0 Å². The molecule has 2 aliphatic rings. The summed E-state index contributed by atoms with van der Waals surface area (Å²) in [6.45, 7) is 4.60. The zero-order chi connectivity index (χ0) is 10.9. The summed E-state index contributed by atoms with van der Waals surface area (Å²) in [6.07, 6.45) is 10.4. The van der Waals surface area contributed by atoms with Crippen LogP contribution in [0.3, 0.4) is 0 Å². The van der Waals surface area contributed by atoms with Gasteiger partial charge in [0.25, 0.3) is 0 Å². The van der Waals surface area contributed by atoms with Gasteiger partial charge in [-0.3, -0.25) is 0 Å². The molecule has 0 aliphatic heterocycles. The highest BCUT2D eigenvalue weighted by atomic mass is 16.3. The Bertz CT molecular complexity index is 199. The SMILES string of the molecule is CC(C)CC1(C(O)C2CCC2)CCCC1. The van der Waals surface area contributed by atoms with Crippen molar-refractivity contribution in [3.05, 3.63) is 0 Å². The Hall–Kier alpha value is -0.0400. The van der Waals surface area contributed by atoms with Crippen molar-refractivity contribution in [1.82, 2.24) is 0 Å². The quantitative estimate of drug-likeness (QED) is 0.749. The van der Waals surface area contributed by atoms with Crippen molar-refractivity contribution in [2.75, 3.05) is 0 Å². The zero-order valence-electron chi connectivity index (χ0n) is 10.3. The minimum absolute atomic E-state index is 0.0103. The second-order valence-corrected chi connectivity index (χ2v) is 6.30. The Morgan fingerprint density at radius 3 is 2.13 bits per heavy atom. The van der Waals surface area contributed by atoms with Crippen LogP contribution in [0.4, 0.5) is 0 Å². The molecule has 1 nitrogen and oxygen atoms in total. The van der Waals surface area contributed by atoms with Crippen LogP contribution in [-0.4, -0.2) is 11.2 Å². The standard InChI is InChI=1S/C14H26O/c1-11(2)10-14(8-3-4-9-14)13(15)12-6-5-7-12/h11-13,15H,3-10H2,1-2H3. The smallest absolute Gasteiger partial charge is 0.0624 e. The lowest BCUT2D eigenvalue weighted by Crippen LogP contribution is -2.42. The lowest BCUT2D eigenvalue weighted by atomic mass is 9.65. The number of hydrogen-bond acceptors (Lipinski definition) is 1. The second kappa shape index (κ2) is 4.45. The molecule has 0 saturated heterocycles. The Labute approximate surface area is 94.3 Å². The van der Waals surface area contributed by atoms with Gasteiger partial charge in [0, 0.05) is 0 Å². The van der Waals surface area contributed by atoms with E-state index in [2.05, 4.69) is 13.8 Å². The van der Waals surface area contributed by atoms with Crippen molar-refractivity contribution >= 4 is 0 Å². The summed E-state index contributed by atoms with van der Waals surface area (Å²) < 4.78 is 0. The van der Waals surface area contributed by atoms with Crippen LogP contribution in [0.15, 0.2) is 0 Å². The summed E-state index contributed by atoms with van der Waals surface area (Å²) >= 11 is 0. The monoisotopic (exact) mass is 210 g/mol. The molecular weight excluding hydrogens is 184 g/mol. The van der Waals surface area contributed by atoms with E-state index in [1.54, 1.807) is 0 Å². The lowest BCUT2D eigenvalue weighted by Gasteiger charge is -2.43. The summed E-state index contributed by atoms with van der Waals surface area (Å²) in [4.78, 5) is 0. The van der Waals surface area contributed by atoms with Crippen LogP contribution in [0.1, 0.15) is 65.2 Å². The van der Waals surface area contributed by atoms with E-state index in [1.165, 1.54) is 51.4 Å². The fourth-order valence-corrected chi connectivity index (χ4v) is 3.77. The molecule has 0 aromatic rings. The highest BCUT2D eigenvalue weighted by Gasteiger charge is 2.45. The Balaban J connectivity index is 2.03. The molecule has 0 aromatic heterocycles. The van der Waals surface area contributed by atoms with Crippen LogP contribution < -0.4 is 0 Å². The molecule has 88 valence electrons. The summed E-state index contributed by atoms with van der Waals surface area (Å²) in [6, 6.07) is 0. The number of aliphatic hydroxyl groups excluding tert-OH is 1. The van der Waals surface area contributed by atoms with Crippen LogP contribution in [-0.2, 0) is 0 Å². The predicted molar refractivity (Wildman–Crippen MR) is 63.7 cm³/mol. The largest absolute Gasteiger partial charge is 0.392 e. The van der Waals surface area contributed by atoms with Gasteiger partial charge >= 0.3 is 0 Å². The van der Waals surface area contributed by atoms with Gasteiger partial charge in [0.1, 0.15) is 0 Å². The van der Waals surface area contributed by atoms with Crippen LogP contribution in [0, 0.1) is 17.3 Å². The first kappa shape index (κ1) is 11.4. The molecule has 1 N–H and O–H groups in total. The molecule has 1 atom stereocenters. The maximum Gasteiger partial charge on any atom is 0.0624 e. The van der Waals surface area contributed by atoms with Crippen molar-refractivity contribution in [2.45, 2.75) is 71.3 Å². The van der Waals surface area contributed by atoms with Gasteiger partial charge in [0.15, 0.2) is 0 Å². The van der Waals surface area contributed by atoms with Gasteiger partial charge in [0.05, 0.1) is 6.10 Å². The molecule has 0 spiro atoms. The first-order valence-electron chi connectivity index (χ1n) is 6.82. The lowest BCUT2D eigenvalue weighted by molar-refractivity contribution is -0.0524. The molecule has 1 unspecified atom stereocenters. The first-order valence-corrected chi connectivity index (χ1v) is 6.82. The van der Waals surface area contributed by atoms with Gasteiger partial charge < -0.3 is 5.11 Å². The Morgan fingerprint density at radius 1 is 1.13 bits per heavy atom. The van der Waals surface area contributed by atoms with Crippen LogP contribution in [0.2, 0.25) is 0 Å². The fourth-order valence-electron chi connectivity index (χ4n) is 3.77. The van der Waals surface area contributed by atoms with E-state index in [0.717, 1.165) is 5.92 Å². The molecule has 15 heavy (non-hydrogen) atoms. The van der Waals surface area contributed by atoms with E-state index < -0.39 is 0 Å². The van der Waals surface area contributed by atoms with E-state index in [0.29, 0.717) is 11.3 Å². The van der Waals surface area contributed by atoms with Crippen molar-refractivity contribution in [2.24, 2.45) is 17.3 Å². The van der Waals surface area contributed by atoms with Gasteiger partial charge in [0.2, 0.25) is 0 Å². The Kier molecular flexibility index (Phi) is 3.39. The average Bonchev–Trinajstić information content (AvgIpc) is 2.49. The minimum Gasteiger partial charge on any atom is -0.392 e. The predicted octanol–water partition coefficient (Wildman–Crippen LogP) is 3.75. The van der Waals surface area contributed by atoms with E-state index in [-0.39, 0.29) is 6.10 Å². The Morgan fingerprint density at radius 2 is 1.73 bits per heavy atom. The fraction of sp³-hybridized carbons (Fsp3) is 1.00. The van der Waals surface area contributed by atoms with Crippen molar-refractivity contribution in [3.63, 3.8) is 0 Å². The van der Waals surface area contributed by atoms with Crippen molar-refractivity contribution in [1.29, 1.82) is 0 Å². The summed E-state index contributed by atoms with van der Waals surface area (Å²) in [5.41, 5.74) is 0.305. The molecule has 2 fully saturated rings.